The van der Waals surface area contributed by atoms with Gasteiger partial charge >= 0.3 is 5.97 Å². The number of fused-ring (bicyclic) bond motifs is 1. The molecule has 98 valence electrons. The van der Waals surface area contributed by atoms with Gasteiger partial charge in [0.1, 0.15) is 18.4 Å². The maximum atomic E-state index is 11.6. The quantitative estimate of drug-likeness (QED) is 0.800. The summed E-state index contributed by atoms with van der Waals surface area (Å²) < 4.78 is 10.6. The summed E-state index contributed by atoms with van der Waals surface area (Å²) in [6.07, 6.45) is -0.805. The van der Waals surface area contributed by atoms with E-state index in [0.29, 0.717) is 23.5 Å². The molecule has 0 fully saturated rings. The molecule has 20 heavy (non-hydrogen) atoms. The number of hydrogen-bond acceptors (Lipinski definition) is 4. The van der Waals surface area contributed by atoms with Crippen molar-refractivity contribution in [1.82, 2.24) is 0 Å². The predicted octanol–water partition coefficient (Wildman–Crippen LogP) is 3.00. The number of nitrogens with zero attached hydrogens (tertiary/aromatic N) is 1. The Balaban J connectivity index is 1.79. The molecule has 0 radical (unpaired) electrons. The molecule has 0 saturated heterocycles. The van der Waals surface area contributed by atoms with Crippen LogP contribution in [0.4, 0.5) is 0 Å². The van der Waals surface area contributed by atoms with Gasteiger partial charge < -0.3 is 9.47 Å². The average Bonchev–Trinajstić information content (AvgIpc) is 2.82. The second-order valence-corrected chi connectivity index (χ2v) is 4.44. The van der Waals surface area contributed by atoms with Crippen LogP contribution >= 0.6 is 0 Å². The van der Waals surface area contributed by atoms with Gasteiger partial charge in [-0.15, -0.1) is 0 Å². The highest BCUT2D eigenvalue weighted by atomic mass is 16.5. The molecule has 0 aromatic heterocycles. The minimum atomic E-state index is -0.805. The molecule has 0 amide bonds. The fourth-order valence-corrected chi connectivity index (χ4v) is 2.10. The number of carbonyl (C=O) groups excluding carboxylic acids is 1. The molecule has 1 atom stereocenters. The molecule has 3 rings (SSSR count). The summed E-state index contributed by atoms with van der Waals surface area (Å²) in [7, 11) is 0. The molecule has 0 saturated carbocycles. The van der Waals surface area contributed by atoms with Gasteiger partial charge in [0, 0.05) is 5.56 Å². The minimum Gasteiger partial charge on any atom is -0.489 e. The zero-order chi connectivity index (χ0) is 13.9. The fraction of sp³-hybridized carbons (Fsp3) is 0.125. The number of cyclic esters (lactones) is 1. The number of esters is 1. The highest BCUT2D eigenvalue weighted by Gasteiger charge is 2.31. The maximum absolute atomic E-state index is 11.6. The standard InChI is InChI=1S/C16H11NO3/c17-9-15-13-7-6-12(8-14(13)16(18)20-15)19-10-11-4-2-1-3-5-11/h1-8,15H,10H2. The summed E-state index contributed by atoms with van der Waals surface area (Å²) in [5.41, 5.74) is 2.05. The normalized spacial score (nSPS) is 16.1. The number of ether oxygens (including phenoxy) is 2. The van der Waals surface area contributed by atoms with Crippen LogP contribution in [0.1, 0.15) is 27.6 Å². The second-order valence-electron chi connectivity index (χ2n) is 4.44. The fourth-order valence-electron chi connectivity index (χ4n) is 2.10. The summed E-state index contributed by atoms with van der Waals surface area (Å²) in [6, 6.07) is 16.8. The molecule has 2 aromatic rings. The minimum absolute atomic E-state index is 0.405. The van der Waals surface area contributed by atoms with E-state index >= 15 is 0 Å². The molecule has 1 unspecified atom stereocenters. The molecule has 0 N–H and O–H groups in total. The molecule has 4 heteroatoms. The van der Waals surface area contributed by atoms with E-state index in [1.165, 1.54) is 0 Å². The molecule has 1 heterocycles. The van der Waals surface area contributed by atoms with Gasteiger partial charge in [-0.1, -0.05) is 30.3 Å². The van der Waals surface area contributed by atoms with Crippen molar-refractivity contribution in [1.29, 1.82) is 5.26 Å². The summed E-state index contributed by atoms with van der Waals surface area (Å²) >= 11 is 0. The Morgan fingerprint density at radius 1 is 1.20 bits per heavy atom. The van der Waals surface area contributed by atoms with Crippen molar-refractivity contribution in [2.75, 3.05) is 0 Å². The lowest BCUT2D eigenvalue weighted by atomic mass is 10.1. The number of carbonyl (C=O) groups is 1. The van der Waals surface area contributed by atoms with Crippen LogP contribution in [0.2, 0.25) is 0 Å². The smallest absolute Gasteiger partial charge is 0.340 e. The molecule has 1 aliphatic heterocycles. The van der Waals surface area contributed by atoms with E-state index in [9.17, 15) is 4.79 Å². The van der Waals surface area contributed by atoms with Gasteiger partial charge in [-0.25, -0.2) is 4.79 Å². The van der Waals surface area contributed by atoms with Gasteiger partial charge in [0.2, 0.25) is 6.10 Å². The lowest BCUT2D eigenvalue weighted by Crippen LogP contribution is -1.98. The zero-order valence-electron chi connectivity index (χ0n) is 10.6. The summed E-state index contributed by atoms with van der Waals surface area (Å²) in [4.78, 5) is 11.6. The molecule has 0 spiro atoms. The van der Waals surface area contributed by atoms with E-state index in [1.807, 2.05) is 36.4 Å². The molecule has 1 aliphatic rings. The molecular formula is C16H11NO3. The Morgan fingerprint density at radius 2 is 2.00 bits per heavy atom. The Labute approximate surface area is 116 Å². The van der Waals surface area contributed by atoms with Crippen LogP contribution in [0.5, 0.6) is 5.75 Å². The van der Waals surface area contributed by atoms with Crippen LogP contribution in [0, 0.1) is 11.3 Å². The number of hydrogen-bond donors (Lipinski definition) is 0. The summed E-state index contributed by atoms with van der Waals surface area (Å²) in [6.45, 7) is 0.427. The SMILES string of the molecule is N#CC1OC(=O)c2cc(OCc3ccccc3)ccc21. The maximum Gasteiger partial charge on any atom is 0.340 e. The van der Waals surface area contributed by atoms with E-state index in [-0.39, 0.29) is 0 Å². The Hall–Kier alpha value is -2.80. The summed E-state index contributed by atoms with van der Waals surface area (Å²) in [5, 5.41) is 8.89. The average molecular weight is 265 g/mol. The van der Waals surface area contributed by atoms with Crippen LogP contribution in [-0.2, 0) is 11.3 Å². The first kappa shape index (κ1) is 12.2. The Morgan fingerprint density at radius 3 is 2.75 bits per heavy atom. The van der Waals surface area contributed by atoms with Gasteiger partial charge in [0.05, 0.1) is 5.56 Å². The van der Waals surface area contributed by atoms with Gasteiger partial charge in [0.25, 0.3) is 0 Å². The third-order valence-corrected chi connectivity index (χ3v) is 3.12. The molecule has 2 aromatic carbocycles. The van der Waals surface area contributed by atoms with Gasteiger partial charge in [0.15, 0.2) is 0 Å². The van der Waals surface area contributed by atoms with Crippen LogP contribution < -0.4 is 4.74 Å². The number of benzene rings is 2. The predicted molar refractivity (Wildman–Crippen MR) is 71.0 cm³/mol. The lowest BCUT2D eigenvalue weighted by Gasteiger charge is -2.07. The first-order chi connectivity index (χ1) is 9.78. The monoisotopic (exact) mass is 265 g/mol. The first-order valence-electron chi connectivity index (χ1n) is 6.19. The van der Waals surface area contributed by atoms with Crippen molar-refractivity contribution < 1.29 is 14.3 Å². The van der Waals surface area contributed by atoms with E-state index in [1.54, 1.807) is 18.2 Å². The Kier molecular flexibility index (Phi) is 3.10. The highest BCUT2D eigenvalue weighted by molar-refractivity contribution is 5.94. The molecular weight excluding hydrogens is 254 g/mol. The van der Waals surface area contributed by atoms with Crippen molar-refractivity contribution in [2.24, 2.45) is 0 Å². The van der Waals surface area contributed by atoms with Crippen LogP contribution in [0.15, 0.2) is 48.5 Å². The van der Waals surface area contributed by atoms with Crippen LogP contribution in [0.3, 0.4) is 0 Å². The van der Waals surface area contributed by atoms with Gasteiger partial charge in [-0.05, 0) is 23.8 Å². The van der Waals surface area contributed by atoms with Gasteiger partial charge in [-0.3, -0.25) is 0 Å². The molecule has 4 nitrogen and oxygen atoms in total. The van der Waals surface area contributed by atoms with Crippen molar-refractivity contribution in [3.63, 3.8) is 0 Å². The van der Waals surface area contributed by atoms with E-state index < -0.39 is 12.1 Å². The second kappa shape index (κ2) is 5.06. The largest absolute Gasteiger partial charge is 0.489 e. The van der Waals surface area contributed by atoms with Crippen molar-refractivity contribution in [3.8, 4) is 11.8 Å². The molecule has 0 aliphatic carbocycles. The zero-order valence-corrected chi connectivity index (χ0v) is 10.6. The van der Waals surface area contributed by atoms with Crippen molar-refractivity contribution in [3.05, 3.63) is 65.2 Å². The third-order valence-electron chi connectivity index (χ3n) is 3.12. The lowest BCUT2D eigenvalue weighted by molar-refractivity contribution is 0.0477. The highest BCUT2D eigenvalue weighted by Crippen LogP contribution is 2.32. The van der Waals surface area contributed by atoms with E-state index in [2.05, 4.69) is 0 Å². The van der Waals surface area contributed by atoms with Crippen LogP contribution in [-0.4, -0.2) is 5.97 Å². The third kappa shape index (κ3) is 2.21. The van der Waals surface area contributed by atoms with E-state index in [4.69, 9.17) is 14.7 Å². The molecule has 0 bridgehead atoms. The van der Waals surface area contributed by atoms with Gasteiger partial charge in [-0.2, -0.15) is 5.26 Å². The van der Waals surface area contributed by atoms with Crippen molar-refractivity contribution >= 4 is 5.97 Å². The number of nitriles is 1. The van der Waals surface area contributed by atoms with E-state index in [0.717, 1.165) is 5.56 Å². The van der Waals surface area contributed by atoms with Crippen molar-refractivity contribution in [2.45, 2.75) is 12.7 Å². The summed E-state index contributed by atoms with van der Waals surface area (Å²) in [5.74, 6) is 0.111. The topological polar surface area (TPSA) is 59.3 Å². The number of rotatable bonds is 3. The first-order valence-corrected chi connectivity index (χ1v) is 6.19. The Bertz CT molecular complexity index is 689. The van der Waals surface area contributed by atoms with Crippen LogP contribution in [0.25, 0.3) is 0 Å².